The van der Waals surface area contributed by atoms with E-state index in [1.54, 1.807) is 31.4 Å². The second-order valence-electron chi connectivity index (χ2n) is 5.51. The third-order valence-electron chi connectivity index (χ3n) is 3.64. The van der Waals surface area contributed by atoms with Crippen LogP contribution in [0.5, 0.6) is 11.5 Å². The van der Waals surface area contributed by atoms with Gasteiger partial charge in [0, 0.05) is 17.3 Å². The van der Waals surface area contributed by atoms with Crippen LogP contribution in [-0.4, -0.2) is 18.0 Å². The van der Waals surface area contributed by atoms with Gasteiger partial charge < -0.3 is 9.47 Å². The summed E-state index contributed by atoms with van der Waals surface area (Å²) in [4.78, 5) is 18.3. The van der Waals surface area contributed by atoms with Crippen molar-refractivity contribution in [2.75, 3.05) is 12.0 Å². The van der Waals surface area contributed by atoms with Crippen LogP contribution in [0.3, 0.4) is 0 Å². The van der Waals surface area contributed by atoms with Crippen molar-refractivity contribution in [3.8, 4) is 11.5 Å². The zero-order chi connectivity index (χ0) is 19.4. The summed E-state index contributed by atoms with van der Waals surface area (Å²) in [5.74, 6) is 1.12. The average Bonchev–Trinajstić information content (AvgIpc) is 3.09. The molecule has 1 aromatic heterocycles. The maximum Gasteiger partial charge on any atom is 0.230 e. The van der Waals surface area contributed by atoms with Gasteiger partial charge in [-0.1, -0.05) is 23.7 Å². The lowest BCUT2D eigenvalue weighted by atomic mass is 10.2. The van der Waals surface area contributed by atoms with E-state index in [0.29, 0.717) is 27.3 Å². The monoisotopic (exact) mass is 466 g/mol. The second kappa shape index (κ2) is 8.73. The van der Waals surface area contributed by atoms with Crippen molar-refractivity contribution in [2.24, 2.45) is 0 Å². The number of hydrogen-bond donors (Lipinski definition) is 0. The number of nitrogens with zero attached hydrogens (tertiary/aromatic N) is 2. The third-order valence-corrected chi connectivity index (χ3v) is 5.37. The van der Waals surface area contributed by atoms with E-state index in [-0.39, 0.29) is 12.5 Å². The van der Waals surface area contributed by atoms with Gasteiger partial charge in [-0.3, -0.25) is 9.69 Å². The molecule has 1 heterocycles. The molecule has 0 atom stereocenters. The topological polar surface area (TPSA) is 51.7 Å². The first-order chi connectivity index (χ1) is 13.0. The van der Waals surface area contributed by atoms with Gasteiger partial charge in [0.25, 0.3) is 0 Å². The summed E-state index contributed by atoms with van der Waals surface area (Å²) in [7, 11) is 1.57. The second-order valence-corrected chi connectivity index (χ2v) is 7.64. The number of para-hydroxylation sites is 2. The van der Waals surface area contributed by atoms with Crippen LogP contribution in [-0.2, 0) is 11.4 Å². The third kappa shape index (κ3) is 4.61. The molecule has 3 aromatic rings. The van der Waals surface area contributed by atoms with Crippen LogP contribution < -0.4 is 14.4 Å². The summed E-state index contributed by atoms with van der Waals surface area (Å²) in [5, 5.41) is 3.05. The maximum atomic E-state index is 12.3. The zero-order valence-electron chi connectivity index (χ0n) is 14.6. The van der Waals surface area contributed by atoms with Gasteiger partial charge in [0.15, 0.2) is 5.13 Å². The molecule has 0 N–H and O–H groups in total. The molecule has 0 aliphatic heterocycles. The van der Waals surface area contributed by atoms with E-state index >= 15 is 0 Å². The molecule has 0 unspecified atom stereocenters. The van der Waals surface area contributed by atoms with Crippen molar-refractivity contribution >= 4 is 55.6 Å². The number of thiazole rings is 1. The number of benzene rings is 2. The fourth-order valence-corrected chi connectivity index (χ4v) is 4.09. The van der Waals surface area contributed by atoms with Crippen LogP contribution in [0.1, 0.15) is 12.6 Å². The quantitative estimate of drug-likeness (QED) is 0.457. The van der Waals surface area contributed by atoms with Gasteiger partial charge in [-0.05, 0) is 46.3 Å². The van der Waals surface area contributed by atoms with Gasteiger partial charge in [-0.2, -0.15) is 0 Å². The van der Waals surface area contributed by atoms with E-state index in [1.165, 1.54) is 23.2 Å². The molecule has 0 fully saturated rings. The number of aromatic nitrogens is 1. The van der Waals surface area contributed by atoms with E-state index in [0.717, 1.165) is 10.2 Å². The summed E-state index contributed by atoms with van der Waals surface area (Å²) in [6.07, 6.45) is 0. The van der Waals surface area contributed by atoms with E-state index in [2.05, 4.69) is 20.9 Å². The molecule has 2 aromatic carbocycles. The molecular weight excluding hydrogens is 452 g/mol. The van der Waals surface area contributed by atoms with E-state index in [4.69, 9.17) is 21.1 Å². The van der Waals surface area contributed by atoms with Crippen molar-refractivity contribution in [2.45, 2.75) is 13.5 Å². The fourth-order valence-electron chi connectivity index (χ4n) is 2.43. The molecule has 0 aliphatic rings. The molecule has 3 rings (SSSR count). The minimum atomic E-state index is -0.151. The van der Waals surface area contributed by atoms with Gasteiger partial charge in [0.1, 0.15) is 18.1 Å². The van der Waals surface area contributed by atoms with E-state index in [9.17, 15) is 4.79 Å². The summed E-state index contributed by atoms with van der Waals surface area (Å²) in [6.45, 7) is 1.77. The summed E-state index contributed by atoms with van der Waals surface area (Å²) in [5.41, 5.74) is 1.37. The highest BCUT2D eigenvalue weighted by Crippen LogP contribution is 2.35. The molecule has 0 aliphatic carbocycles. The molecule has 0 radical (unpaired) electrons. The van der Waals surface area contributed by atoms with Crippen molar-refractivity contribution < 1.29 is 14.3 Å². The van der Waals surface area contributed by atoms with Crippen LogP contribution >= 0.6 is 38.9 Å². The molecular formula is C19H16BrClN2O3S. The van der Waals surface area contributed by atoms with Crippen LogP contribution in [0.2, 0.25) is 5.02 Å². The minimum Gasteiger partial charge on any atom is -0.495 e. The highest BCUT2D eigenvalue weighted by Gasteiger charge is 2.21. The number of amides is 1. The lowest BCUT2D eigenvalue weighted by Gasteiger charge is -2.20. The Bertz CT molecular complexity index is 964. The van der Waals surface area contributed by atoms with Crippen LogP contribution in [0, 0.1) is 0 Å². The Labute approximate surface area is 174 Å². The molecule has 0 saturated carbocycles. The summed E-state index contributed by atoms with van der Waals surface area (Å²) in [6, 6.07) is 12.6. The number of rotatable bonds is 6. The minimum absolute atomic E-state index is 0.151. The van der Waals surface area contributed by atoms with E-state index in [1.807, 2.05) is 23.6 Å². The lowest BCUT2D eigenvalue weighted by Crippen LogP contribution is -2.23. The van der Waals surface area contributed by atoms with Crippen molar-refractivity contribution in [3.63, 3.8) is 0 Å². The van der Waals surface area contributed by atoms with E-state index < -0.39 is 0 Å². The molecule has 8 heteroatoms. The molecule has 0 spiro atoms. The number of carbonyl (C=O) groups is 1. The first-order valence-corrected chi connectivity index (χ1v) is 10.0. The lowest BCUT2D eigenvalue weighted by molar-refractivity contribution is -0.115. The number of methoxy groups -OCH3 is 1. The van der Waals surface area contributed by atoms with Gasteiger partial charge in [0.2, 0.25) is 5.91 Å². The van der Waals surface area contributed by atoms with Gasteiger partial charge >= 0.3 is 0 Å². The maximum absolute atomic E-state index is 12.3. The average molecular weight is 468 g/mol. The summed E-state index contributed by atoms with van der Waals surface area (Å²) < 4.78 is 11.9. The predicted molar refractivity (Wildman–Crippen MR) is 111 cm³/mol. The number of carbonyl (C=O) groups excluding carboxylic acids is 1. The Hall–Kier alpha value is -2.09. The molecule has 0 bridgehead atoms. The van der Waals surface area contributed by atoms with Crippen LogP contribution in [0.25, 0.3) is 0 Å². The fraction of sp³-hybridized carbons (Fsp3) is 0.158. The number of halogens is 2. The summed E-state index contributed by atoms with van der Waals surface area (Å²) >= 11 is 10.7. The standard InChI is InChI=1S/C19H16BrClN2O3S/c1-12(24)23(16-5-3-4-6-18(16)25-2)19-22-14(11-27-19)10-26-17-8-7-13(21)9-15(17)20/h3-9,11H,10H2,1-2H3. The van der Waals surface area contributed by atoms with Gasteiger partial charge in [-0.15, -0.1) is 11.3 Å². The van der Waals surface area contributed by atoms with Crippen molar-refractivity contribution in [1.82, 2.24) is 4.98 Å². The Morgan fingerprint density at radius 1 is 1.26 bits per heavy atom. The molecule has 140 valence electrons. The Morgan fingerprint density at radius 2 is 2.04 bits per heavy atom. The zero-order valence-corrected chi connectivity index (χ0v) is 17.8. The van der Waals surface area contributed by atoms with Crippen LogP contribution in [0.4, 0.5) is 10.8 Å². The highest BCUT2D eigenvalue weighted by molar-refractivity contribution is 9.10. The molecule has 0 saturated heterocycles. The van der Waals surface area contributed by atoms with Gasteiger partial charge in [-0.25, -0.2) is 4.98 Å². The SMILES string of the molecule is COc1ccccc1N(C(C)=O)c1nc(COc2ccc(Cl)cc2Br)cs1. The highest BCUT2D eigenvalue weighted by atomic mass is 79.9. The Balaban J connectivity index is 1.81. The Morgan fingerprint density at radius 3 is 2.74 bits per heavy atom. The van der Waals surface area contributed by atoms with Crippen molar-refractivity contribution in [3.05, 3.63) is 63.0 Å². The first-order valence-electron chi connectivity index (χ1n) is 7.95. The Kier molecular flexibility index (Phi) is 6.36. The first kappa shape index (κ1) is 19.7. The number of hydrogen-bond acceptors (Lipinski definition) is 5. The van der Waals surface area contributed by atoms with Gasteiger partial charge in [0.05, 0.1) is 23.0 Å². The largest absolute Gasteiger partial charge is 0.495 e. The van der Waals surface area contributed by atoms with Crippen LogP contribution in [0.15, 0.2) is 52.3 Å². The predicted octanol–water partition coefficient (Wildman–Crippen LogP) is 5.83. The molecule has 27 heavy (non-hydrogen) atoms. The van der Waals surface area contributed by atoms with Crippen molar-refractivity contribution in [1.29, 1.82) is 0 Å². The normalized spacial score (nSPS) is 10.5. The number of ether oxygens (including phenoxy) is 2. The smallest absolute Gasteiger partial charge is 0.230 e. The molecule has 5 nitrogen and oxygen atoms in total. The molecule has 1 amide bonds. The number of anilines is 2.